The van der Waals surface area contributed by atoms with Gasteiger partial charge in [0.25, 0.3) is 0 Å². The maximum atomic E-state index is 2.35. The zero-order valence-electron chi connectivity index (χ0n) is 26.5. The van der Waals surface area contributed by atoms with Gasteiger partial charge in [-0.25, -0.2) is 18.3 Å². The maximum Gasteiger partial charge on any atom is 0.173 e. The predicted octanol–water partition coefficient (Wildman–Crippen LogP) is 7.57. The third kappa shape index (κ3) is 8.59. The van der Waals surface area contributed by atoms with Crippen molar-refractivity contribution in [2.75, 3.05) is 0 Å². The monoisotopic (exact) mass is 850 g/mol. The van der Waals surface area contributed by atoms with Gasteiger partial charge in [0.15, 0.2) is 75.8 Å². The molecule has 0 aliphatic heterocycles. The van der Waals surface area contributed by atoms with Crippen LogP contribution in [0.4, 0.5) is 0 Å². The van der Waals surface area contributed by atoms with Gasteiger partial charge in [-0.2, -0.15) is 0 Å². The van der Waals surface area contributed by atoms with Gasteiger partial charge in [-0.15, -0.1) is 0 Å². The molecule has 48 heavy (non-hydrogen) atoms. The lowest BCUT2D eigenvalue weighted by Crippen LogP contribution is -2.34. The first-order valence-electron chi connectivity index (χ1n) is 16.1. The van der Waals surface area contributed by atoms with Crippen LogP contribution in [0.15, 0.2) is 171 Å². The van der Waals surface area contributed by atoms with Crippen LogP contribution in [0, 0.1) is 7.14 Å². The van der Waals surface area contributed by atoms with Crippen LogP contribution in [0.3, 0.4) is 0 Å². The summed E-state index contributed by atoms with van der Waals surface area (Å²) in [4.78, 5) is 0. The van der Waals surface area contributed by atoms with E-state index in [2.05, 4.69) is 234 Å². The molecule has 3 aromatic carbocycles. The van der Waals surface area contributed by atoms with E-state index in [-0.39, 0.29) is 0 Å². The Bertz CT molecular complexity index is 1920. The van der Waals surface area contributed by atoms with Crippen LogP contribution >= 0.6 is 45.2 Å². The molecule has 0 amide bonds. The quantitative estimate of drug-likeness (QED) is 0.0998. The molecule has 0 atom stereocenters. The van der Waals surface area contributed by atoms with Gasteiger partial charge in [-0.05, 0) is 91.7 Å². The topological polar surface area (TPSA) is 15.5 Å². The fraction of sp³-hybridized carbons (Fsp3) is 0.0952. The lowest BCUT2D eigenvalue weighted by Gasteiger charge is -2.04. The molecule has 234 valence electrons. The van der Waals surface area contributed by atoms with Crippen molar-refractivity contribution < 1.29 is 18.3 Å². The van der Waals surface area contributed by atoms with Gasteiger partial charge in [0.05, 0.1) is 0 Å². The highest BCUT2D eigenvalue weighted by Gasteiger charge is 2.10. The van der Waals surface area contributed by atoms with Crippen molar-refractivity contribution in [3.05, 3.63) is 200 Å². The fourth-order valence-electron chi connectivity index (χ4n) is 5.79. The Morgan fingerprint density at radius 3 is 0.667 bits per heavy atom. The molecule has 0 spiro atoms. The van der Waals surface area contributed by atoms with Crippen LogP contribution in [0.5, 0.6) is 0 Å². The highest BCUT2D eigenvalue weighted by Crippen LogP contribution is 2.18. The van der Waals surface area contributed by atoms with E-state index in [4.69, 9.17) is 0 Å². The molecule has 0 bridgehead atoms. The van der Waals surface area contributed by atoms with E-state index in [9.17, 15) is 0 Å². The average Bonchev–Trinajstić information content (AvgIpc) is 3.13. The second-order valence-electron chi connectivity index (χ2n) is 12.1. The Kier molecular flexibility index (Phi) is 10.3. The number of hydrogen-bond donors (Lipinski definition) is 0. The lowest BCUT2D eigenvalue weighted by atomic mass is 10.1. The molecule has 4 aromatic heterocycles. The van der Waals surface area contributed by atoms with Crippen LogP contribution in [0.2, 0.25) is 0 Å². The molecule has 0 aliphatic carbocycles. The number of hydrogen-bond acceptors (Lipinski definition) is 0. The van der Waals surface area contributed by atoms with Crippen molar-refractivity contribution in [1.82, 2.24) is 0 Å². The molecule has 0 unspecified atom stereocenters. The highest BCUT2D eigenvalue weighted by atomic mass is 127. The maximum absolute atomic E-state index is 2.35. The summed E-state index contributed by atoms with van der Waals surface area (Å²) in [5, 5.41) is 0. The predicted molar refractivity (Wildman–Crippen MR) is 206 cm³/mol. The average molecular weight is 851 g/mol. The summed E-state index contributed by atoms with van der Waals surface area (Å²) in [5.74, 6) is 0. The van der Waals surface area contributed by atoms with E-state index >= 15 is 0 Å². The van der Waals surface area contributed by atoms with Crippen LogP contribution < -0.4 is 18.3 Å². The summed E-state index contributed by atoms with van der Waals surface area (Å²) in [6.45, 7) is 3.43. The van der Waals surface area contributed by atoms with E-state index in [1.165, 1.54) is 51.6 Å². The van der Waals surface area contributed by atoms with Crippen LogP contribution in [-0.4, -0.2) is 0 Å². The number of pyridine rings is 4. The first-order valence-corrected chi connectivity index (χ1v) is 18.2. The van der Waals surface area contributed by atoms with Crippen LogP contribution in [-0.2, 0) is 26.2 Å². The minimum atomic E-state index is 0.842. The molecular weight excluding hydrogens is 814 g/mol. The van der Waals surface area contributed by atoms with Crippen molar-refractivity contribution in [1.29, 1.82) is 0 Å². The molecule has 0 saturated carbocycles. The molecule has 0 radical (unpaired) electrons. The molecule has 0 saturated heterocycles. The Morgan fingerprint density at radius 1 is 0.271 bits per heavy atom. The van der Waals surface area contributed by atoms with Crippen molar-refractivity contribution in [3.63, 3.8) is 0 Å². The van der Waals surface area contributed by atoms with Crippen molar-refractivity contribution in [2.45, 2.75) is 26.2 Å². The summed E-state index contributed by atoms with van der Waals surface area (Å²) in [5.41, 5.74) is 10.1. The Hall–Kier alpha value is -4.28. The van der Waals surface area contributed by atoms with E-state index in [1.807, 2.05) is 0 Å². The molecular formula is C42H36I2N4+4. The smallest absolute Gasteiger partial charge is 0.173 e. The summed E-state index contributed by atoms with van der Waals surface area (Å²) in [7, 11) is 0. The zero-order valence-corrected chi connectivity index (χ0v) is 30.9. The molecule has 6 heteroatoms. The minimum Gasteiger partial charge on any atom is -0.201 e. The molecule has 0 N–H and O–H groups in total. The minimum absolute atomic E-state index is 0.842. The second kappa shape index (κ2) is 15.3. The SMILES string of the molecule is Ic1ccc(C[n+]2ccc(-c3cc[n+](Cc4ccc(C[n+]5ccc(-c6cc[n+](Cc7ccc(I)cc7)cc6)cc5)cc4)cc3)cc2)cc1. The van der Waals surface area contributed by atoms with E-state index in [0.29, 0.717) is 0 Å². The summed E-state index contributed by atoms with van der Waals surface area (Å²) in [6.07, 6.45) is 17.3. The van der Waals surface area contributed by atoms with Gasteiger partial charge in [0.1, 0.15) is 0 Å². The summed E-state index contributed by atoms with van der Waals surface area (Å²) < 4.78 is 11.4. The van der Waals surface area contributed by atoms with Gasteiger partial charge >= 0.3 is 0 Å². The standard InChI is InChI=1S/C42H36I2N4/c43-41-9-5-35(6-10-41)31-47-25-17-39(18-26-47)37-13-21-45(22-14-37)29-33-1-2-34(4-3-33)30-46-23-15-38(16-24-46)40-19-27-48(28-20-40)32-36-7-11-42(44)12-8-36/h1-28H,29-32H2/q+4. The van der Waals surface area contributed by atoms with Gasteiger partial charge in [0, 0.05) is 77.9 Å². The molecule has 0 fully saturated rings. The normalized spacial score (nSPS) is 11.0. The second-order valence-corrected chi connectivity index (χ2v) is 14.6. The van der Waals surface area contributed by atoms with E-state index in [1.54, 1.807) is 0 Å². The molecule has 7 aromatic rings. The van der Waals surface area contributed by atoms with Gasteiger partial charge in [-0.3, -0.25) is 0 Å². The number of nitrogens with zero attached hydrogens (tertiary/aromatic N) is 4. The molecule has 0 aliphatic rings. The number of halogens is 2. The highest BCUT2D eigenvalue weighted by molar-refractivity contribution is 14.1. The van der Waals surface area contributed by atoms with Gasteiger partial charge in [-0.1, -0.05) is 48.5 Å². The first kappa shape index (κ1) is 32.3. The van der Waals surface area contributed by atoms with Crippen molar-refractivity contribution >= 4 is 45.2 Å². The van der Waals surface area contributed by atoms with Gasteiger partial charge < -0.3 is 0 Å². The number of aromatic nitrogens is 4. The Labute approximate surface area is 309 Å². The Morgan fingerprint density at radius 2 is 0.458 bits per heavy atom. The third-order valence-corrected chi connectivity index (χ3v) is 9.98. The summed E-state index contributed by atoms with van der Waals surface area (Å²) in [6, 6.07) is 43.9. The van der Waals surface area contributed by atoms with Crippen LogP contribution in [0.25, 0.3) is 22.3 Å². The Balaban J connectivity index is 0.913. The first-order chi connectivity index (χ1) is 23.5. The largest absolute Gasteiger partial charge is 0.201 e. The molecule has 7 rings (SSSR count). The lowest BCUT2D eigenvalue weighted by molar-refractivity contribution is -0.689. The van der Waals surface area contributed by atoms with Crippen LogP contribution in [0.1, 0.15) is 22.3 Å². The van der Waals surface area contributed by atoms with E-state index in [0.717, 1.165) is 26.2 Å². The molecule has 4 heterocycles. The fourth-order valence-corrected chi connectivity index (χ4v) is 6.51. The van der Waals surface area contributed by atoms with Gasteiger partial charge in [0.2, 0.25) is 0 Å². The summed E-state index contributed by atoms with van der Waals surface area (Å²) >= 11 is 4.69. The number of rotatable bonds is 10. The van der Waals surface area contributed by atoms with Crippen molar-refractivity contribution in [2.24, 2.45) is 0 Å². The number of benzene rings is 3. The van der Waals surface area contributed by atoms with Crippen molar-refractivity contribution in [3.8, 4) is 22.3 Å². The van der Waals surface area contributed by atoms with E-state index < -0.39 is 0 Å². The molecule has 4 nitrogen and oxygen atoms in total. The zero-order chi connectivity index (χ0) is 32.7. The third-order valence-electron chi connectivity index (χ3n) is 8.54.